The average molecular weight is 204 g/mol. The van der Waals surface area contributed by atoms with E-state index in [1.54, 1.807) is 0 Å². The molecule has 0 heterocycles. The normalized spacial score (nSPS) is 16.2. The maximum Gasteiger partial charge on any atom is 0.00717 e. The van der Waals surface area contributed by atoms with E-state index in [4.69, 9.17) is 5.73 Å². The number of thioether (sulfide) groups is 1. The minimum atomic E-state index is 0.329. The van der Waals surface area contributed by atoms with Gasteiger partial charge in [-0.25, -0.2) is 0 Å². The van der Waals surface area contributed by atoms with Crippen LogP contribution >= 0.6 is 11.8 Å². The Morgan fingerprint density at radius 2 is 1.92 bits per heavy atom. The van der Waals surface area contributed by atoms with Crippen LogP contribution in [0.5, 0.6) is 0 Å². The van der Waals surface area contributed by atoms with Gasteiger partial charge in [0.25, 0.3) is 0 Å². The van der Waals surface area contributed by atoms with Gasteiger partial charge in [-0.05, 0) is 52.3 Å². The molecule has 2 unspecified atom stereocenters. The highest BCUT2D eigenvalue weighted by Crippen LogP contribution is 2.06. The lowest BCUT2D eigenvalue weighted by molar-refractivity contribution is 0.245. The van der Waals surface area contributed by atoms with E-state index in [2.05, 4.69) is 32.1 Å². The van der Waals surface area contributed by atoms with Gasteiger partial charge >= 0.3 is 0 Å². The fourth-order valence-corrected chi connectivity index (χ4v) is 1.71. The second kappa shape index (κ2) is 7.65. The van der Waals surface area contributed by atoms with Crippen LogP contribution in [0.3, 0.4) is 0 Å². The molecule has 0 aromatic rings. The van der Waals surface area contributed by atoms with E-state index >= 15 is 0 Å². The maximum absolute atomic E-state index is 5.71. The molecule has 2 atom stereocenters. The fraction of sp³-hybridized carbons (Fsp3) is 1.00. The zero-order chi connectivity index (χ0) is 10.3. The van der Waals surface area contributed by atoms with E-state index in [-0.39, 0.29) is 0 Å². The third-order valence-corrected chi connectivity index (χ3v) is 3.07. The Labute approximate surface area is 87.2 Å². The van der Waals surface area contributed by atoms with Crippen molar-refractivity contribution in [1.82, 2.24) is 4.90 Å². The molecule has 0 saturated heterocycles. The molecule has 0 amide bonds. The first-order valence-corrected chi connectivity index (χ1v) is 6.42. The van der Waals surface area contributed by atoms with Gasteiger partial charge < -0.3 is 10.6 Å². The molecule has 13 heavy (non-hydrogen) atoms. The van der Waals surface area contributed by atoms with Crippen molar-refractivity contribution in [2.75, 3.05) is 25.6 Å². The highest BCUT2D eigenvalue weighted by molar-refractivity contribution is 7.98. The van der Waals surface area contributed by atoms with E-state index in [0.29, 0.717) is 12.1 Å². The SMILES string of the molecule is CSCCC(C)N(C)CCC(C)N. The van der Waals surface area contributed by atoms with Crippen molar-refractivity contribution in [3.8, 4) is 0 Å². The molecule has 2 nitrogen and oxygen atoms in total. The van der Waals surface area contributed by atoms with Crippen molar-refractivity contribution in [3.05, 3.63) is 0 Å². The second-order valence-electron chi connectivity index (χ2n) is 3.88. The van der Waals surface area contributed by atoms with Crippen LogP contribution in [0.25, 0.3) is 0 Å². The monoisotopic (exact) mass is 204 g/mol. The molecule has 0 aliphatic carbocycles. The Bertz CT molecular complexity index is 117. The first-order valence-electron chi connectivity index (χ1n) is 5.02. The van der Waals surface area contributed by atoms with Crippen molar-refractivity contribution in [2.45, 2.75) is 38.8 Å². The van der Waals surface area contributed by atoms with Crippen LogP contribution in [-0.2, 0) is 0 Å². The Balaban J connectivity index is 3.50. The van der Waals surface area contributed by atoms with E-state index in [0.717, 1.165) is 13.0 Å². The zero-order valence-corrected chi connectivity index (χ0v) is 10.2. The standard InChI is InChI=1S/C10H24N2S/c1-9(11)5-7-12(3)10(2)6-8-13-4/h9-10H,5-8,11H2,1-4H3. The van der Waals surface area contributed by atoms with E-state index in [1.165, 1.54) is 12.2 Å². The van der Waals surface area contributed by atoms with Crippen LogP contribution in [0.15, 0.2) is 0 Å². The number of nitrogens with zero attached hydrogens (tertiary/aromatic N) is 1. The molecule has 0 radical (unpaired) electrons. The summed E-state index contributed by atoms with van der Waals surface area (Å²) in [6.45, 7) is 5.48. The lowest BCUT2D eigenvalue weighted by atomic mass is 10.2. The molecule has 0 aliphatic heterocycles. The summed E-state index contributed by atoms with van der Waals surface area (Å²) >= 11 is 1.92. The van der Waals surface area contributed by atoms with Crippen molar-refractivity contribution in [2.24, 2.45) is 5.73 Å². The molecular weight excluding hydrogens is 180 g/mol. The first kappa shape index (κ1) is 13.3. The quantitative estimate of drug-likeness (QED) is 0.685. The van der Waals surface area contributed by atoms with Crippen LogP contribution < -0.4 is 5.73 Å². The third kappa shape index (κ3) is 7.35. The summed E-state index contributed by atoms with van der Waals surface area (Å²) in [6.07, 6.45) is 4.53. The highest BCUT2D eigenvalue weighted by atomic mass is 32.2. The molecular formula is C10H24N2S. The summed E-state index contributed by atoms with van der Waals surface area (Å²) in [5.74, 6) is 1.25. The predicted molar refractivity (Wildman–Crippen MR) is 63.4 cm³/mol. The molecule has 0 spiro atoms. The van der Waals surface area contributed by atoms with Crippen LogP contribution in [0.4, 0.5) is 0 Å². The van der Waals surface area contributed by atoms with Crippen molar-refractivity contribution in [3.63, 3.8) is 0 Å². The predicted octanol–water partition coefficient (Wildman–Crippen LogP) is 1.80. The molecule has 0 fully saturated rings. The van der Waals surface area contributed by atoms with E-state index in [1.807, 2.05) is 11.8 Å². The minimum Gasteiger partial charge on any atom is -0.328 e. The van der Waals surface area contributed by atoms with Crippen molar-refractivity contribution < 1.29 is 0 Å². The summed E-state index contributed by atoms with van der Waals surface area (Å²) in [5, 5.41) is 0. The molecule has 0 saturated carbocycles. The molecule has 2 N–H and O–H groups in total. The smallest absolute Gasteiger partial charge is 0.00717 e. The number of hydrogen-bond donors (Lipinski definition) is 1. The van der Waals surface area contributed by atoms with Gasteiger partial charge in [0, 0.05) is 12.1 Å². The van der Waals surface area contributed by atoms with Gasteiger partial charge in [-0.15, -0.1) is 0 Å². The molecule has 0 rings (SSSR count). The molecule has 3 heteroatoms. The third-order valence-electron chi connectivity index (χ3n) is 2.43. The highest BCUT2D eigenvalue weighted by Gasteiger charge is 2.08. The molecule has 0 aromatic carbocycles. The second-order valence-corrected chi connectivity index (χ2v) is 4.86. The summed E-state index contributed by atoms with van der Waals surface area (Å²) < 4.78 is 0. The zero-order valence-electron chi connectivity index (χ0n) is 9.42. The lowest BCUT2D eigenvalue weighted by Crippen LogP contribution is -2.33. The fourth-order valence-electron chi connectivity index (χ4n) is 1.14. The molecule has 80 valence electrons. The first-order chi connectivity index (χ1) is 6.07. The van der Waals surface area contributed by atoms with Gasteiger partial charge in [0.2, 0.25) is 0 Å². The summed E-state index contributed by atoms with van der Waals surface area (Å²) in [6, 6.07) is 1.02. The maximum atomic E-state index is 5.71. The van der Waals surface area contributed by atoms with Gasteiger partial charge in [0.05, 0.1) is 0 Å². The van der Waals surface area contributed by atoms with Crippen LogP contribution in [0.1, 0.15) is 26.7 Å². The van der Waals surface area contributed by atoms with Crippen LogP contribution in [0.2, 0.25) is 0 Å². The Morgan fingerprint density at radius 3 is 2.38 bits per heavy atom. The average Bonchev–Trinajstić information content (AvgIpc) is 2.10. The molecule has 0 aromatic heterocycles. The Kier molecular flexibility index (Phi) is 7.81. The van der Waals surface area contributed by atoms with E-state index < -0.39 is 0 Å². The van der Waals surface area contributed by atoms with Crippen LogP contribution in [-0.4, -0.2) is 42.6 Å². The molecule has 0 bridgehead atoms. The van der Waals surface area contributed by atoms with Gasteiger partial charge in [0.15, 0.2) is 0 Å². The van der Waals surface area contributed by atoms with Gasteiger partial charge in [-0.1, -0.05) is 0 Å². The Morgan fingerprint density at radius 1 is 1.31 bits per heavy atom. The van der Waals surface area contributed by atoms with Gasteiger partial charge in [0.1, 0.15) is 0 Å². The Hall–Kier alpha value is 0.270. The van der Waals surface area contributed by atoms with Gasteiger partial charge in [-0.3, -0.25) is 0 Å². The minimum absolute atomic E-state index is 0.329. The summed E-state index contributed by atoms with van der Waals surface area (Å²) in [4.78, 5) is 2.40. The van der Waals surface area contributed by atoms with E-state index in [9.17, 15) is 0 Å². The summed E-state index contributed by atoms with van der Waals surface area (Å²) in [5.41, 5.74) is 5.71. The number of rotatable bonds is 7. The van der Waals surface area contributed by atoms with Crippen molar-refractivity contribution in [1.29, 1.82) is 0 Å². The summed E-state index contributed by atoms with van der Waals surface area (Å²) in [7, 11) is 2.19. The topological polar surface area (TPSA) is 29.3 Å². The number of hydrogen-bond acceptors (Lipinski definition) is 3. The lowest BCUT2D eigenvalue weighted by Gasteiger charge is -2.25. The van der Waals surface area contributed by atoms with Crippen LogP contribution in [0, 0.1) is 0 Å². The largest absolute Gasteiger partial charge is 0.328 e. The number of nitrogens with two attached hydrogens (primary N) is 1. The van der Waals surface area contributed by atoms with Crippen molar-refractivity contribution >= 4 is 11.8 Å². The molecule has 0 aliphatic rings. The van der Waals surface area contributed by atoms with Gasteiger partial charge in [-0.2, -0.15) is 11.8 Å².